The maximum atomic E-state index is 12.8. The Morgan fingerprint density at radius 3 is 1.47 bits per heavy atom. The second-order valence-corrected chi connectivity index (χ2v) is 9.15. The topological polar surface area (TPSA) is 126 Å². The summed E-state index contributed by atoms with van der Waals surface area (Å²) in [5.41, 5.74) is 0. The van der Waals surface area contributed by atoms with Gasteiger partial charge in [0, 0.05) is 52.2 Å². The van der Waals surface area contributed by atoms with Crippen LogP contribution in [0.25, 0.3) is 0 Å². The third-order valence-electron chi connectivity index (χ3n) is 5.77. The predicted octanol–water partition coefficient (Wildman–Crippen LogP) is 3.22. The van der Waals surface area contributed by atoms with Gasteiger partial charge in [-0.15, -0.1) is 0 Å². The summed E-state index contributed by atoms with van der Waals surface area (Å²) in [7, 11) is 0. The van der Waals surface area contributed by atoms with Crippen molar-refractivity contribution in [3.05, 3.63) is 0 Å². The van der Waals surface area contributed by atoms with Gasteiger partial charge in [0.25, 0.3) is 0 Å². The normalized spacial score (nSPS) is 10.8. The lowest BCUT2D eigenvalue weighted by Crippen LogP contribution is -2.42. The summed E-state index contributed by atoms with van der Waals surface area (Å²) in [6.45, 7) is 9.55. The highest BCUT2D eigenvalue weighted by Gasteiger charge is 2.25. The number of rotatable bonds is 24. The van der Waals surface area contributed by atoms with Crippen molar-refractivity contribution in [3.8, 4) is 0 Å². The molecular weight excluding hydrogens is 460 g/mol. The minimum Gasteiger partial charge on any atom is -0.382 e. The fourth-order valence-corrected chi connectivity index (χ4v) is 3.69. The number of ether oxygens (including phenoxy) is 1. The molecule has 0 fully saturated rings. The second kappa shape index (κ2) is 24.5. The molecule has 0 atom stereocenters. The van der Waals surface area contributed by atoms with Crippen molar-refractivity contribution in [2.45, 2.75) is 104 Å². The van der Waals surface area contributed by atoms with Crippen LogP contribution >= 0.6 is 0 Å². The van der Waals surface area contributed by atoms with Gasteiger partial charge in [-0.2, -0.15) is 0 Å². The van der Waals surface area contributed by atoms with Crippen molar-refractivity contribution in [1.82, 2.24) is 21.3 Å². The molecule has 0 aromatic carbocycles. The van der Waals surface area contributed by atoms with E-state index in [0.717, 1.165) is 77.4 Å². The summed E-state index contributed by atoms with van der Waals surface area (Å²) in [5, 5.41) is 11.5. The van der Waals surface area contributed by atoms with Gasteiger partial charge in [-0.1, -0.05) is 33.1 Å². The first-order valence-corrected chi connectivity index (χ1v) is 14.1. The van der Waals surface area contributed by atoms with E-state index < -0.39 is 5.92 Å². The van der Waals surface area contributed by atoms with Crippen LogP contribution in [-0.4, -0.2) is 63.0 Å². The molecule has 0 radical (unpaired) electrons. The van der Waals surface area contributed by atoms with Gasteiger partial charge in [-0.05, 0) is 58.3 Å². The highest BCUT2D eigenvalue weighted by atomic mass is 16.5. The number of carbonyl (C=O) groups excluding carboxylic acids is 4. The Kier molecular flexibility index (Phi) is 23.1. The van der Waals surface area contributed by atoms with Gasteiger partial charge in [-0.25, -0.2) is 0 Å². The summed E-state index contributed by atoms with van der Waals surface area (Å²) in [4.78, 5) is 48.6. The largest absolute Gasteiger partial charge is 0.382 e. The molecule has 0 saturated carbocycles. The van der Waals surface area contributed by atoms with E-state index in [1.165, 1.54) is 0 Å². The molecule has 4 amide bonds. The predicted molar refractivity (Wildman–Crippen MR) is 143 cm³/mol. The lowest BCUT2D eigenvalue weighted by molar-refractivity contribution is -0.135. The van der Waals surface area contributed by atoms with Crippen molar-refractivity contribution < 1.29 is 23.9 Å². The number of hydrogen-bond donors (Lipinski definition) is 4. The molecule has 9 heteroatoms. The average molecular weight is 513 g/mol. The van der Waals surface area contributed by atoms with Crippen LogP contribution in [0.1, 0.15) is 104 Å². The summed E-state index contributed by atoms with van der Waals surface area (Å²) in [6, 6.07) is 0. The van der Waals surface area contributed by atoms with Crippen LogP contribution in [0.5, 0.6) is 0 Å². The van der Waals surface area contributed by atoms with Crippen LogP contribution < -0.4 is 21.3 Å². The van der Waals surface area contributed by atoms with Crippen LogP contribution in [0.15, 0.2) is 0 Å². The molecule has 0 spiro atoms. The molecule has 0 heterocycles. The van der Waals surface area contributed by atoms with Gasteiger partial charge in [0.2, 0.25) is 23.6 Å². The first-order chi connectivity index (χ1) is 17.5. The first-order valence-electron chi connectivity index (χ1n) is 14.1. The summed E-state index contributed by atoms with van der Waals surface area (Å²) >= 11 is 0. The summed E-state index contributed by atoms with van der Waals surface area (Å²) in [5.74, 6) is -1.05. The van der Waals surface area contributed by atoms with Crippen molar-refractivity contribution in [3.63, 3.8) is 0 Å². The van der Waals surface area contributed by atoms with Crippen LogP contribution in [0.2, 0.25) is 0 Å². The van der Waals surface area contributed by atoms with E-state index in [9.17, 15) is 19.2 Å². The van der Waals surface area contributed by atoms with Gasteiger partial charge in [-0.3, -0.25) is 19.2 Å². The monoisotopic (exact) mass is 512 g/mol. The Morgan fingerprint density at radius 1 is 0.583 bits per heavy atom. The molecule has 9 nitrogen and oxygen atoms in total. The lowest BCUT2D eigenvalue weighted by Gasteiger charge is -2.17. The van der Waals surface area contributed by atoms with E-state index in [2.05, 4.69) is 21.3 Å². The Hall–Kier alpha value is -2.16. The van der Waals surface area contributed by atoms with Crippen molar-refractivity contribution in [1.29, 1.82) is 0 Å². The SMILES string of the molecule is CCCC(=O)NCCCCNC(=O)C(CCCCCCOCC)C(=O)NCCCCNC(=O)CCC. The number of carbonyl (C=O) groups is 4. The van der Waals surface area contributed by atoms with E-state index >= 15 is 0 Å². The molecule has 210 valence electrons. The maximum Gasteiger partial charge on any atom is 0.232 e. The third kappa shape index (κ3) is 20.1. The van der Waals surface area contributed by atoms with E-state index in [4.69, 9.17) is 4.74 Å². The minimum atomic E-state index is -0.703. The fourth-order valence-electron chi connectivity index (χ4n) is 3.69. The number of hydrogen-bond acceptors (Lipinski definition) is 5. The quantitative estimate of drug-likeness (QED) is 0.117. The smallest absolute Gasteiger partial charge is 0.232 e. The third-order valence-corrected chi connectivity index (χ3v) is 5.77. The molecule has 0 unspecified atom stereocenters. The molecular formula is C27H52N4O5. The van der Waals surface area contributed by atoms with Gasteiger partial charge in [0.15, 0.2) is 0 Å². The molecule has 0 aliphatic heterocycles. The minimum absolute atomic E-state index is 0.0582. The zero-order chi connectivity index (χ0) is 26.9. The maximum absolute atomic E-state index is 12.8. The highest BCUT2D eigenvalue weighted by Crippen LogP contribution is 2.12. The first kappa shape index (κ1) is 33.8. The van der Waals surface area contributed by atoms with Crippen LogP contribution in [0.3, 0.4) is 0 Å². The van der Waals surface area contributed by atoms with E-state index in [-0.39, 0.29) is 23.6 Å². The Bertz CT molecular complexity index is 559. The molecule has 0 aliphatic rings. The zero-order valence-corrected chi connectivity index (χ0v) is 23.1. The van der Waals surface area contributed by atoms with Gasteiger partial charge in [0.05, 0.1) is 0 Å². The summed E-state index contributed by atoms with van der Waals surface area (Å²) in [6.07, 6.45) is 10.1. The average Bonchev–Trinajstić information content (AvgIpc) is 2.85. The standard InChI is InChI=1S/C27H52N4O5/c1-4-15-24(32)28-18-10-12-20-30-26(34)23(17-9-7-8-14-22-36-6-3)27(35)31-21-13-11-19-29-25(33)16-5-2/h23H,4-22H2,1-3H3,(H,28,32)(H,29,33)(H,30,34)(H,31,35). The Balaban J connectivity index is 4.37. The van der Waals surface area contributed by atoms with E-state index in [1.54, 1.807) is 0 Å². The molecule has 4 N–H and O–H groups in total. The van der Waals surface area contributed by atoms with Gasteiger partial charge >= 0.3 is 0 Å². The van der Waals surface area contributed by atoms with Crippen LogP contribution in [-0.2, 0) is 23.9 Å². The number of nitrogens with one attached hydrogen (secondary N) is 4. The fraction of sp³-hybridized carbons (Fsp3) is 0.852. The van der Waals surface area contributed by atoms with Crippen LogP contribution in [0.4, 0.5) is 0 Å². The highest BCUT2D eigenvalue weighted by molar-refractivity contribution is 6.00. The van der Waals surface area contributed by atoms with E-state index in [0.29, 0.717) is 45.4 Å². The van der Waals surface area contributed by atoms with Crippen molar-refractivity contribution >= 4 is 23.6 Å². The molecule has 0 aromatic rings. The van der Waals surface area contributed by atoms with Crippen molar-refractivity contribution in [2.75, 3.05) is 39.4 Å². The van der Waals surface area contributed by atoms with Crippen LogP contribution in [0, 0.1) is 5.92 Å². The van der Waals surface area contributed by atoms with Gasteiger partial charge < -0.3 is 26.0 Å². The lowest BCUT2D eigenvalue weighted by atomic mass is 9.98. The number of unbranched alkanes of at least 4 members (excludes halogenated alkanes) is 5. The van der Waals surface area contributed by atoms with Gasteiger partial charge in [0.1, 0.15) is 5.92 Å². The molecule has 0 aliphatic carbocycles. The molecule has 36 heavy (non-hydrogen) atoms. The Morgan fingerprint density at radius 2 is 1.03 bits per heavy atom. The van der Waals surface area contributed by atoms with Crippen molar-refractivity contribution in [2.24, 2.45) is 5.92 Å². The van der Waals surface area contributed by atoms with E-state index in [1.807, 2.05) is 20.8 Å². The number of amides is 4. The summed E-state index contributed by atoms with van der Waals surface area (Å²) < 4.78 is 5.36. The Labute approximate surface area is 218 Å². The molecule has 0 bridgehead atoms. The molecule has 0 aromatic heterocycles. The molecule has 0 saturated heterocycles. The zero-order valence-electron chi connectivity index (χ0n) is 23.1. The molecule has 0 rings (SSSR count). The second-order valence-electron chi connectivity index (χ2n) is 9.15.